The molecule has 1 aliphatic heterocycles. The van der Waals surface area contributed by atoms with Crippen LogP contribution in [-0.4, -0.2) is 38.0 Å². The van der Waals surface area contributed by atoms with E-state index < -0.39 is 0 Å². The van der Waals surface area contributed by atoms with Crippen molar-refractivity contribution in [3.63, 3.8) is 0 Å². The molecule has 0 aliphatic carbocycles. The number of likely N-dealkylation sites (N-methyl/N-ethyl adjacent to an activating group) is 1. The Morgan fingerprint density at radius 2 is 2.00 bits per heavy atom. The summed E-state index contributed by atoms with van der Waals surface area (Å²) in [5.74, 6) is 2.06. The summed E-state index contributed by atoms with van der Waals surface area (Å²) in [6.45, 7) is 1.69. The summed E-state index contributed by atoms with van der Waals surface area (Å²) >= 11 is 1.83. The molecule has 1 aliphatic rings. The van der Waals surface area contributed by atoms with Crippen molar-refractivity contribution < 1.29 is 4.74 Å². The maximum absolute atomic E-state index is 5.60. The van der Waals surface area contributed by atoms with E-state index >= 15 is 0 Å². The van der Waals surface area contributed by atoms with E-state index in [-0.39, 0.29) is 0 Å². The fourth-order valence-corrected chi connectivity index (χ4v) is 1.71. The summed E-state index contributed by atoms with van der Waals surface area (Å²) in [5, 5.41) is 0. The molecule has 0 atom stereocenters. The summed E-state index contributed by atoms with van der Waals surface area (Å²) in [6.07, 6.45) is 0. The van der Waals surface area contributed by atoms with Crippen LogP contribution in [0.5, 0.6) is 5.75 Å². The van der Waals surface area contributed by atoms with Gasteiger partial charge in [0.2, 0.25) is 0 Å². The third-order valence-electron chi connectivity index (χ3n) is 2.19. The van der Waals surface area contributed by atoms with Crippen LogP contribution >= 0.6 is 11.9 Å². The Hall–Kier alpha value is -0.870. The van der Waals surface area contributed by atoms with Crippen molar-refractivity contribution in [2.45, 2.75) is 0 Å². The van der Waals surface area contributed by atoms with Crippen molar-refractivity contribution in [3.8, 4) is 5.75 Å². The third kappa shape index (κ3) is 3.32. The van der Waals surface area contributed by atoms with Gasteiger partial charge < -0.3 is 13.9 Å². The fraction of sp³-hybridized carbons (Fsp3) is 0.455. The second kappa shape index (κ2) is 4.77. The molecule has 1 aromatic rings. The minimum absolute atomic E-state index is 0.741. The van der Waals surface area contributed by atoms with Crippen LogP contribution in [0.4, 0.5) is 5.69 Å². The topological polar surface area (TPSA) is 15.5 Å². The van der Waals surface area contributed by atoms with Gasteiger partial charge in [-0.25, -0.2) is 0 Å². The van der Waals surface area contributed by atoms with Crippen LogP contribution in [0.15, 0.2) is 24.3 Å². The average molecular weight is 224 g/mol. The summed E-state index contributed by atoms with van der Waals surface area (Å²) in [7, 11) is 4.09. The van der Waals surface area contributed by atoms with Gasteiger partial charge in [0.25, 0.3) is 0 Å². The van der Waals surface area contributed by atoms with Gasteiger partial charge in [-0.3, -0.25) is 0 Å². The molecule has 3 nitrogen and oxygen atoms in total. The Kier molecular flexibility index (Phi) is 3.38. The largest absolute Gasteiger partial charge is 0.492 e. The fourth-order valence-electron chi connectivity index (χ4n) is 1.23. The van der Waals surface area contributed by atoms with Gasteiger partial charge in [-0.2, -0.15) is 0 Å². The van der Waals surface area contributed by atoms with E-state index in [1.165, 1.54) is 5.69 Å². The van der Waals surface area contributed by atoms with Crippen molar-refractivity contribution in [2.75, 3.05) is 37.4 Å². The standard InChI is InChI=1S/C11H16N2OS/c1-12(2)7-8-14-11-5-3-10(4-6-11)13-9-15-13/h3-6H,7-9H2,1-2H3. The van der Waals surface area contributed by atoms with E-state index in [1.807, 2.05) is 38.2 Å². The molecule has 82 valence electrons. The van der Waals surface area contributed by atoms with Crippen molar-refractivity contribution in [1.82, 2.24) is 4.90 Å². The number of anilines is 1. The summed E-state index contributed by atoms with van der Waals surface area (Å²) in [4.78, 5) is 2.11. The molecule has 4 heteroatoms. The third-order valence-corrected chi connectivity index (χ3v) is 2.92. The van der Waals surface area contributed by atoms with Crippen LogP contribution in [-0.2, 0) is 0 Å². The highest BCUT2D eigenvalue weighted by Crippen LogP contribution is 2.36. The lowest BCUT2D eigenvalue weighted by Gasteiger charge is -2.11. The van der Waals surface area contributed by atoms with E-state index in [9.17, 15) is 0 Å². The molecule has 0 amide bonds. The molecule has 0 radical (unpaired) electrons. The quantitative estimate of drug-likeness (QED) is 0.561. The second-order valence-electron chi connectivity index (χ2n) is 3.78. The van der Waals surface area contributed by atoms with Crippen molar-refractivity contribution in [1.29, 1.82) is 0 Å². The summed E-state index contributed by atoms with van der Waals surface area (Å²) in [5.41, 5.74) is 1.26. The number of ether oxygens (including phenoxy) is 1. The van der Waals surface area contributed by atoms with E-state index in [1.54, 1.807) is 0 Å². The van der Waals surface area contributed by atoms with Crippen LogP contribution in [0, 0.1) is 0 Å². The molecule has 0 aromatic heterocycles. The number of rotatable bonds is 5. The molecule has 1 fully saturated rings. The Morgan fingerprint density at radius 1 is 1.33 bits per heavy atom. The molecule has 0 spiro atoms. The zero-order chi connectivity index (χ0) is 10.7. The van der Waals surface area contributed by atoms with Gasteiger partial charge >= 0.3 is 0 Å². The minimum Gasteiger partial charge on any atom is -0.492 e. The molecule has 0 saturated carbocycles. The lowest BCUT2D eigenvalue weighted by Crippen LogP contribution is -2.19. The molecule has 1 aromatic carbocycles. The van der Waals surface area contributed by atoms with Crippen molar-refractivity contribution in [3.05, 3.63) is 24.3 Å². The highest BCUT2D eigenvalue weighted by molar-refractivity contribution is 8.07. The first kappa shape index (κ1) is 10.6. The molecule has 15 heavy (non-hydrogen) atoms. The normalized spacial score (nSPS) is 14.5. The molecule has 2 rings (SSSR count). The molecule has 0 bridgehead atoms. The van der Waals surface area contributed by atoms with Gasteiger partial charge in [0.1, 0.15) is 12.4 Å². The number of nitrogens with zero attached hydrogens (tertiary/aromatic N) is 2. The van der Waals surface area contributed by atoms with Crippen LogP contribution in [0.2, 0.25) is 0 Å². The van der Waals surface area contributed by atoms with E-state index in [0.717, 1.165) is 24.8 Å². The van der Waals surface area contributed by atoms with Gasteiger partial charge in [-0.05, 0) is 50.3 Å². The van der Waals surface area contributed by atoms with Gasteiger partial charge in [-0.1, -0.05) is 0 Å². The van der Waals surface area contributed by atoms with Crippen molar-refractivity contribution >= 4 is 17.6 Å². The second-order valence-corrected chi connectivity index (χ2v) is 4.74. The summed E-state index contributed by atoms with van der Waals surface area (Å²) in [6, 6.07) is 8.27. The molecule has 0 N–H and O–H groups in total. The maximum Gasteiger partial charge on any atom is 0.119 e. The van der Waals surface area contributed by atoms with E-state index in [2.05, 4.69) is 21.3 Å². The van der Waals surface area contributed by atoms with E-state index in [4.69, 9.17) is 4.74 Å². The molecule has 0 unspecified atom stereocenters. The number of hydrogen-bond acceptors (Lipinski definition) is 4. The predicted octanol–water partition coefficient (Wildman–Crippen LogP) is 2.05. The zero-order valence-electron chi connectivity index (χ0n) is 9.14. The van der Waals surface area contributed by atoms with Crippen LogP contribution in [0.1, 0.15) is 0 Å². The maximum atomic E-state index is 5.60. The molecular formula is C11H16N2OS. The Bertz CT molecular complexity index is 309. The monoisotopic (exact) mass is 224 g/mol. The van der Waals surface area contributed by atoms with Gasteiger partial charge in [0, 0.05) is 12.2 Å². The molecular weight excluding hydrogens is 208 g/mol. The Balaban J connectivity index is 1.81. The molecule has 1 saturated heterocycles. The van der Waals surface area contributed by atoms with Crippen molar-refractivity contribution in [2.24, 2.45) is 0 Å². The van der Waals surface area contributed by atoms with Gasteiger partial charge in [0.15, 0.2) is 0 Å². The van der Waals surface area contributed by atoms with Crippen LogP contribution in [0.3, 0.4) is 0 Å². The average Bonchev–Trinajstić information content (AvgIpc) is 3.02. The van der Waals surface area contributed by atoms with Crippen LogP contribution < -0.4 is 9.04 Å². The number of hydrogen-bond donors (Lipinski definition) is 0. The first-order chi connectivity index (χ1) is 7.25. The highest BCUT2D eigenvalue weighted by atomic mass is 32.2. The van der Waals surface area contributed by atoms with E-state index in [0.29, 0.717) is 0 Å². The van der Waals surface area contributed by atoms with Gasteiger partial charge in [0.05, 0.1) is 5.88 Å². The first-order valence-corrected chi connectivity index (χ1v) is 5.98. The summed E-state index contributed by atoms with van der Waals surface area (Å²) < 4.78 is 7.84. The molecule has 1 heterocycles. The SMILES string of the molecule is CN(C)CCOc1ccc(N2CS2)cc1. The minimum atomic E-state index is 0.741. The lowest BCUT2D eigenvalue weighted by molar-refractivity contribution is 0.261. The number of benzene rings is 1. The van der Waals surface area contributed by atoms with Crippen LogP contribution in [0.25, 0.3) is 0 Å². The Labute approximate surface area is 95.1 Å². The smallest absolute Gasteiger partial charge is 0.119 e. The highest BCUT2D eigenvalue weighted by Gasteiger charge is 2.19. The Morgan fingerprint density at radius 3 is 2.53 bits per heavy atom. The predicted molar refractivity (Wildman–Crippen MR) is 65.4 cm³/mol. The van der Waals surface area contributed by atoms with Gasteiger partial charge in [-0.15, -0.1) is 0 Å². The lowest BCUT2D eigenvalue weighted by atomic mass is 10.3. The zero-order valence-corrected chi connectivity index (χ0v) is 9.96. The first-order valence-electron chi connectivity index (χ1n) is 5.04.